The second kappa shape index (κ2) is 8.66. The Morgan fingerprint density at radius 2 is 1.64 bits per heavy atom. The number of piperazine rings is 1. The summed E-state index contributed by atoms with van der Waals surface area (Å²) in [5.74, 6) is 0. The van der Waals surface area contributed by atoms with Gasteiger partial charge in [-0.1, -0.05) is 48.8 Å². The predicted molar refractivity (Wildman–Crippen MR) is 114 cm³/mol. The maximum absolute atomic E-state index is 6.33. The molecular weight excluding hydrogens is 392 g/mol. The molecule has 1 aromatic carbocycles. The van der Waals surface area contributed by atoms with Crippen molar-refractivity contribution in [2.45, 2.75) is 51.9 Å². The summed E-state index contributed by atoms with van der Waals surface area (Å²) < 4.78 is 7.48. The van der Waals surface area contributed by atoms with Crippen molar-refractivity contribution in [3.05, 3.63) is 34.3 Å². The molecule has 1 heterocycles. The monoisotopic (exact) mass is 426 g/mol. The van der Waals surface area contributed by atoms with Crippen LogP contribution in [0, 0.1) is 0 Å². The molecule has 0 aliphatic carbocycles. The lowest BCUT2D eigenvalue weighted by molar-refractivity contribution is 0.0900. The highest BCUT2D eigenvalue weighted by molar-refractivity contribution is 9.10. The zero-order valence-electron chi connectivity index (χ0n) is 16.8. The predicted octanol–water partition coefficient (Wildman–Crippen LogP) is 5.15. The fraction of sp³-hybridized carbons (Fsp3) is 0.700. The van der Waals surface area contributed by atoms with Crippen LogP contribution in [-0.2, 0) is 4.43 Å². The summed E-state index contributed by atoms with van der Waals surface area (Å²) in [7, 11) is -1.61. The van der Waals surface area contributed by atoms with Crippen LogP contribution >= 0.6 is 15.9 Å². The van der Waals surface area contributed by atoms with Crippen molar-refractivity contribution >= 4 is 24.2 Å². The SMILES string of the molecule is C[C@@H](c1ccc(Br)cc1)N1CCN(CCO[Si](C)(C)C(C)(C)C)CC1. The van der Waals surface area contributed by atoms with E-state index >= 15 is 0 Å². The first kappa shape index (κ1) is 21.1. The van der Waals surface area contributed by atoms with Gasteiger partial charge >= 0.3 is 0 Å². The smallest absolute Gasteiger partial charge is 0.192 e. The molecule has 1 atom stereocenters. The molecule has 1 aliphatic heterocycles. The molecule has 0 saturated carbocycles. The Bertz CT molecular complexity index is 534. The molecule has 3 nitrogen and oxygen atoms in total. The van der Waals surface area contributed by atoms with Gasteiger partial charge in [0.2, 0.25) is 0 Å². The van der Waals surface area contributed by atoms with Gasteiger partial charge in [0.05, 0.1) is 0 Å². The minimum absolute atomic E-state index is 0.297. The Labute approximate surface area is 164 Å². The first-order valence-corrected chi connectivity index (χ1v) is 13.2. The van der Waals surface area contributed by atoms with Crippen molar-refractivity contribution in [1.82, 2.24) is 9.80 Å². The zero-order chi connectivity index (χ0) is 18.7. The van der Waals surface area contributed by atoms with Gasteiger partial charge in [-0.05, 0) is 42.8 Å². The Hall–Kier alpha value is -0.203. The number of hydrogen-bond donors (Lipinski definition) is 0. The summed E-state index contributed by atoms with van der Waals surface area (Å²) in [4.78, 5) is 5.15. The summed E-state index contributed by atoms with van der Waals surface area (Å²) in [5.41, 5.74) is 1.40. The molecule has 0 amide bonds. The quantitative estimate of drug-likeness (QED) is 0.584. The van der Waals surface area contributed by atoms with Gasteiger partial charge < -0.3 is 4.43 Å². The van der Waals surface area contributed by atoms with Crippen LogP contribution in [0.2, 0.25) is 18.1 Å². The van der Waals surface area contributed by atoms with E-state index in [1.807, 2.05) is 0 Å². The van der Waals surface area contributed by atoms with Gasteiger partial charge in [0.1, 0.15) is 0 Å². The molecule has 0 N–H and O–H groups in total. The highest BCUT2D eigenvalue weighted by atomic mass is 79.9. The molecule has 1 fully saturated rings. The molecule has 0 unspecified atom stereocenters. The highest BCUT2D eigenvalue weighted by Gasteiger charge is 2.37. The summed E-state index contributed by atoms with van der Waals surface area (Å²) in [5, 5.41) is 0.297. The van der Waals surface area contributed by atoms with Crippen molar-refractivity contribution in [1.29, 1.82) is 0 Å². The zero-order valence-corrected chi connectivity index (χ0v) is 19.4. The molecule has 5 heteroatoms. The lowest BCUT2D eigenvalue weighted by Gasteiger charge is -2.40. The topological polar surface area (TPSA) is 15.7 Å². The second-order valence-electron chi connectivity index (χ2n) is 8.71. The van der Waals surface area contributed by atoms with E-state index in [4.69, 9.17) is 4.43 Å². The van der Waals surface area contributed by atoms with E-state index in [-0.39, 0.29) is 0 Å². The third-order valence-corrected chi connectivity index (χ3v) is 11.1. The van der Waals surface area contributed by atoms with Crippen LogP contribution in [0.4, 0.5) is 0 Å². The van der Waals surface area contributed by atoms with Gasteiger partial charge in [-0.25, -0.2) is 0 Å². The molecule has 1 aliphatic rings. The molecule has 0 aromatic heterocycles. The third kappa shape index (κ3) is 5.89. The average molecular weight is 428 g/mol. The average Bonchev–Trinajstić information content (AvgIpc) is 2.54. The van der Waals surface area contributed by atoms with Crippen LogP contribution in [0.15, 0.2) is 28.7 Å². The Morgan fingerprint density at radius 3 is 2.16 bits per heavy atom. The van der Waals surface area contributed by atoms with Crippen LogP contribution in [0.25, 0.3) is 0 Å². The normalized spacial score (nSPS) is 19.2. The van der Waals surface area contributed by atoms with E-state index in [0.29, 0.717) is 11.1 Å². The van der Waals surface area contributed by atoms with E-state index in [1.54, 1.807) is 0 Å². The Balaban J connectivity index is 1.75. The van der Waals surface area contributed by atoms with E-state index < -0.39 is 8.32 Å². The lowest BCUT2D eigenvalue weighted by Crippen LogP contribution is -2.49. The van der Waals surface area contributed by atoms with Crippen molar-refractivity contribution in [3.8, 4) is 0 Å². The van der Waals surface area contributed by atoms with E-state index in [0.717, 1.165) is 43.8 Å². The van der Waals surface area contributed by atoms with E-state index in [2.05, 4.69) is 90.8 Å². The van der Waals surface area contributed by atoms with Crippen molar-refractivity contribution < 1.29 is 4.43 Å². The van der Waals surface area contributed by atoms with Crippen LogP contribution in [0.3, 0.4) is 0 Å². The van der Waals surface area contributed by atoms with Gasteiger partial charge in [0.25, 0.3) is 0 Å². The number of hydrogen-bond acceptors (Lipinski definition) is 3. The second-order valence-corrected chi connectivity index (χ2v) is 14.4. The Kier molecular flexibility index (Phi) is 7.31. The molecule has 0 spiro atoms. The first-order valence-electron chi connectivity index (χ1n) is 9.46. The number of halogens is 1. The van der Waals surface area contributed by atoms with Crippen LogP contribution in [0.5, 0.6) is 0 Å². The van der Waals surface area contributed by atoms with Crippen molar-refractivity contribution in [2.75, 3.05) is 39.3 Å². The number of benzene rings is 1. The first-order chi connectivity index (χ1) is 11.6. The molecule has 1 aromatic rings. The highest BCUT2D eigenvalue weighted by Crippen LogP contribution is 2.36. The summed E-state index contributed by atoms with van der Waals surface area (Å²) in [6.45, 7) is 20.4. The van der Waals surface area contributed by atoms with E-state index in [9.17, 15) is 0 Å². The molecule has 0 bridgehead atoms. The van der Waals surface area contributed by atoms with Gasteiger partial charge in [-0.3, -0.25) is 9.80 Å². The van der Waals surface area contributed by atoms with E-state index in [1.165, 1.54) is 5.56 Å². The van der Waals surface area contributed by atoms with Crippen LogP contribution in [0.1, 0.15) is 39.3 Å². The van der Waals surface area contributed by atoms with Crippen LogP contribution < -0.4 is 0 Å². The molecule has 25 heavy (non-hydrogen) atoms. The minimum Gasteiger partial charge on any atom is -0.416 e. The molecular formula is C20H35BrN2OSi. The standard InChI is InChI=1S/C20H35BrN2OSi/c1-17(18-7-9-19(21)10-8-18)23-13-11-22(12-14-23)15-16-24-25(5,6)20(2,3)4/h7-10,17H,11-16H2,1-6H3/t17-/m0/s1. The maximum atomic E-state index is 6.33. The number of nitrogens with zero attached hydrogens (tertiary/aromatic N) is 2. The minimum atomic E-state index is -1.61. The van der Waals surface area contributed by atoms with Crippen LogP contribution in [-0.4, -0.2) is 57.4 Å². The summed E-state index contributed by atoms with van der Waals surface area (Å²) >= 11 is 3.52. The van der Waals surface area contributed by atoms with Gasteiger partial charge in [-0.2, -0.15) is 0 Å². The van der Waals surface area contributed by atoms with Gasteiger partial charge in [0, 0.05) is 49.8 Å². The third-order valence-electron chi connectivity index (χ3n) is 5.98. The fourth-order valence-electron chi connectivity index (χ4n) is 2.97. The molecule has 2 rings (SSSR count). The summed E-state index contributed by atoms with van der Waals surface area (Å²) in [6, 6.07) is 9.22. The Morgan fingerprint density at radius 1 is 1.08 bits per heavy atom. The molecule has 1 saturated heterocycles. The van der Waals surface area contributed by atoms with Crippen molar-refractivity contribution in [2.24, 2.45) is 0 Å². The number of rotatable bonds is 6. The van der Waals surface area contributed by atoms with Gasteiger partial charge in [0.15, 0.2) is 8.32 Å². The fourth-order valence-corrected chi connectivity index (χ4v) is 4.27. The maximum Gasteiger partial charge on any atom is 0.192 e. The van der Waals surface area contributed by atoms with Crippen molar-refractivity contribution in [3.63, 3.8) is 0 Å². The lowest BCUT2D eigenvalue weighted by atomic mass is 10.1. The largest absolute Gasteiger partial charge is 0.416 e. The summed E-state index contributed by atoms with van der Waals surface area (Å²) in [6.07, 6.45) is 0. The molecule has 142 valence electrons. The molecule has 0 radical (unpaired) electrons. The van der Waals surface area contributed by atoms with Gasteiger partial charge in [-0.15, -0.1) is 0 Å².